The molecule has 1 N–H and O–H groups in total. The summed E-state index contributed by atoms with van der Waals surface area (Å²) in [4.78, 5) is 4.98. The lowest BCUT2D eigenvalue weighted by atomic mass is 10.1. The Kier molecular flexibility index (Phi) is 3.85. The van der Waals surface area contributed by atoms with Crippen molar-refractivity contribution in [3.8, 4) is 0 Å². The second-order valence-electron chi connectivity index (χ2n) is 6.12. The Bertz CT molecular complexity index is 790. The molecule has 0 spiro atoms. The highest BCUT2D eigenvalue weighted by molar-refractivity contribution is 5.30. The Balaban J connectivity index is 1.82. The molecule has 2 atom stereocenters. The van der Waals surface area contributed by atoms with E-state index in [2.05, 4.69) is 52.6 Å². The molecule has 23 heavy (non-hydrogen) atoms. The summed E-state index contributed by atoms with van der Waals surface area (Å²) in [5.74, 6) is 0. The summed E-state index contributed by atoms with van der Waals surface area (Å²) in [6.07, 6.45) is 4.25. The lowest BCUT2D eigenvalue weighted by Crippen LogP contribution is -2.49. The van der Waals surface area contributed by atoms with Crippen molar-refractivity contribution in [3.63, 3.8) is 0 Å². The van der Waals surface area contributed by atoms with Gasteiger partial charge in [0.15, 0.2) is 6.17 Å². The third kappa shape index (κ3) is 2.64. The highest BCUT2D eigenvalue weighted by Crippen LogP contribution is 2.30. The third-order valence-electron chi connectivity index (χ3n) is 4.67. The summed E-state index contributed by atoms with van der Waals surface area (Å²) >= 11 is 0. The van der Waals surface area contributed by atoms with Gasteiger partial charge in [-0.2, -0.15) is 0 Å². The zero-order valence-electron chi connectivity index (χ0n) is 13.0. The first-order chi connectivity index (χ1) is 11.4. The van der Waals surface area contributed by atoms with E-state index in [4.69, 9.17) is 4.99 Å². The smallest absolute Gasteiger partial charge is 0.161 e. The Hall–Kier alpha value is -2.17. The standard InChI is InChI=1S/C19H21N3O/c23-14-17-10-6-12-21(17)22-13-16-9-4-5-11-18(16)20-19(22)15-7-2-1-3-8-15/h1-5,7-9,11,13,17,19,23H,6,10,12,14H2/t17?,19-/m1/s1. The van der Waals surface area contributed by atoms with E-state index in [0.29, 0.717) is 0 Å². The van der Waals surface area contributed by atoms with Crippen LogP contribution in [0.15, 0.2) is 59.6 Å². The SMILES string of the molecule is OCC1CCCN1N1C=c2ccccc2=N[C@H]1c1ccccc1. The van der Waals surface area contributed by atoms with Crippen LogP contribution in [0, 0.1) is 0 Å². The predicted molar refractivity (Wildman–Crippen MR) is 89.5 cm³/mol. The summed E-state index contributed by atoms with van der Waals surface area (Å²) < 4.78 is 0. The number of nitrogens with zero attached hydrogens (tertiary/aromatic N) is 3. The van der Waals surface area contributed by atoms with Crippen LogP contribution in [0.5, 0.6) is 0 Å². The molecule has 2 aromatic carbocycles. The van der Waals surface area contributed by atoms with Crippen LogP contribution in [0.4, 0.5) is 0 Å². The largest absolute Gasteiger partial charge is 0.395 e. The number of rotatable bonds is 3. The van der Waals surface area contributed by atoms with E-state index in [1.165, 1.54) is 5.56 Å². The van der Waals surface area contributed by atoms with Gasteiger partial charge in [0, 0.05) is 18.0 Å². The number of fused-ring (bicyclic) bond motifs is 1. The normalized spacial score (nSPS) is 24.0. The van der Waals surface area contributed by atoms with Gasteiger partial charge in [-0.25, -0.2) is 5.01 Å². The number of aliphatic hydroxyl groups is 1. The van der Waals surface area contributed by atoms with E-state index >= 15 is 0 Å². The minimum absolute atomic E-state index is 0.0711. The number of benzene rings is 2. The molecule has 2 aliphatic heterocycles. The first-order valence-corrected chi connectivity index (χ1v) is 8.22. The summed E-state index contributed by atoms with van der Waals surface area (Å²) in [6.45, 7) is 1.15. The highest BCUT2D eigenvalue weighted by atomic mass is 16.3. The fourth-order valence-electron chi connectivity index (χ4n) is 3.50. The summed E-state index contributed by atoms with van der Waals surface area (Å²) in [7, 11) is 0. The van der Waals surface area contributed by atoms with Gasteiger partial charge in [-0.15, -0.1) is 0 Å². The predicted octanol–water partition coefficient (Wildman–Crippen LogP) is 1.43. The van der Waals surface area contributed by atoms with Gasteiger partial charge in [0.05, 0.1) is 18.0 Å². The van der Waals surface area contributed by atoms with E-state index in [9.17, 15) is 5.11 Å². The highest BCUT2D eigenvalue weighted by Gasteiger charge is 2.32. The Labute approximate surface area is 136 Å². The molecular weight excluding hydrogens is 286 g/mol. The summed E-state index contributed by atoms with van der Waals surface area (Å²) in [5, 5.41) is 16.3. The molecule has 0 amide bonds. The molecule has 0 bridgehead atoms. The van der Waals surface area contributed by atoms with Crippen molar-refractivity contribution in [2.24, 2.45) is 4.99 Å². The summed E-state index contributed by atoms with van der Waals surface area (Å²) in [6, 6.07) is 18.8. The van der Waals surface area contributed by atoms with Crippen LogP contribution in [0.2, 0.25) is 0 Å². The average Bonchev–Trinajstić information content (AvgIpc) is 3.10. The van der Waals surface area contributed by atoms with Crippen LogP contribution in [-0.2, 0) is 0 Å². The monoisotopic (exact) mass is 307 g/mol. The lowest BCUT2D eigenvalue weighted by molar-refractivity contribution is -0.0281. The first-order valence-electron chi connectivity index (χ1n) is 8.22. The van der Waals surface area contributed by atoms with Crippen molar-refractivity contribution >= 4 is 6.20 Å². The van der Waals surface area contributed by atoms with E-state index in [1.807, 2.05) is 18.2 Å². The van der Waals surface area contributed by atoms with E-state index in [-0.39, 0.29) is 18.8 Å². The number of aliphatic hydroxyl groups excluding tert-OH is 1. The van der Waals surface area contributed by atoms with E-state index < -0.39 is 0 Å². The van der Waals surface area contributed by atoms with Crippen molar-refractivity contribution < 1.29 is 5.11 Å². The molecular formula is C19H21N3O. The van der Waals surface area contributed by atoms with Gasteiger partial charge in [-0.1, -0.05) is 48.5 Å². The molecule has 2 aromatic rings. The van der Waals surface area contributed by atoms with Crippen molar-refractivity contribution in [2.45, 2.75) is 25.0 Å². The molecule has 2 aliphatic rings. The number of hydrogen-bond acceptors (Lipinski definition) is 4. The van der Waals surface area contributed by atoms with Gasteiger partial charge < -0.3 is 5.11 Å². The maximum absolute atomic E-state index is 9.71. The molecule has 4 nitrogen and oxygen atoms in total. The van der Waals surface area contributed by atoms with Crippen LogP contribution >= 0.6 is 0 Å². The van der Waals surface area contributed by atoms with Crippen molar-refractivity contribution in [3.05, 3.63) is 70.7 Å². The topological polar surface area (TPSA) is 39.1 Å². The van der Waals surface area contributed by atoms with Crippen molar-refractivity contribution in [1.82, 2.24) is 10.0 Å². The van der Waals surface area contributed by atoms with E-state index in [1.54, 1.807) is 0 Å². The van der Waals surface area contributed by atoms with Crippen molar-refractivity contribution in [1.29, 1.82) is 0 Å². The fourth-order valence-corrected chi connectivity index (χ4v) is 3.50. The molecule has 0 radical (unpaired) electrons. The molecule has 0 aliphatic carbocycles. The van der Waals surface area contributed by atoms with Crippen LogP contribution in [-0.4, -0.2) is 34.3 Å². The maximum atomic E-state index is 9.71. The summed E-state index contributed by atoms with van der Waals surface area (Å²) in [5.41, 5.74) is 1.17. The van der Waals surface area contributed by atoms with Crippen LogP contribution in [0.1, 0.15) is 24.6 Å². The van der Waals surface area contributed by atoms with Gasteiger partial charge in [-0.3, -0.25) is 10.0 Å². The van der Waals surface area contributed by atoms with Gasteiger partial charge in [0.2, 0.25) is 0 Å². The lowest BCUT2D eigenvalue weighted by Gasteiger charge is -2.40. The molecule has 4 heteroatoms. The molecule has 118 valence electrons. The molecule has 2 heterocycles. The Morgan fingerprint density at radius 2 is 1.83 bits per heavy atom. The van der Waals surface area contributed by atoms with Crippen LogP contribution < -0.4 is 10.6 Å². The minimum atomic E-state index is -0.0711. The second kappa shape index (κ2) is 6.14. The number of hydrazine groups is 1. The Morgan fingerprint density at radius 1 is 1.04 bits per heavy atom. The molecule has 1 fully saturated rings. The molecule has 1 unspecified atom stereocenters. The van der Waals surface area contributed by atoms with Crippen LogP contribution in [0.3, 0.4) is 0 Å². The fraction of sp³-hybridized carbons (Fsp3) is 0.316. The quantitative estimate of drug-likeness (QED) is 0.932. The van der Waals surface area contributed by atoms with Gasteiger partial charge in [0.1, 0.15) is 0 Å². The average molecular weight is 307 g/mol. The maximum Gasteiger partial charge on any atom is 0.161 e. The van der Waals surface area contributed by atoms with Crippen molar-refractivity contribution in [2.75, 3.05) is 13.2 Å². The van der Waals surface area contributed by atoms with Crippen LogP contribution in [0.25, 0.3) is 6.20 Å². The number of hydrogen-bond donors (Lipinski definition) is 1. The zero-order chi connectivity index (χ0) is 15.6. The molecule has 0 saturated carbocycles. The first kappa shape index (κ1) is 14.4. The number of para-hydroxylation sites is 1. The molecule has 4 rings (SSSR count). The Morgan fingerprint density at radius 3 is 2.65 bits per heavy atom. The van der Waals surface area contributed by atoms with E-state index in [0.717, 1.165) is 30.0 Å². The van der Waals surface area contributed by atoms with Gasteiger partial charge >= 0.3 is 0 Å². The minimum Gasteiger partial charge on any atom is -0.395 e. The molecule has 0 aromatic heterocycles. The third-order valence-corrected chi connectivity index (χ3v) is 4.67. The van der Waals surface area contributed by atoms with Gasteiger partial charge in [0.25, 0.3) is 0 Å². The molecule has 1 saturated heterocycles. The zero-order valence-corrected chi connectivity index (χ0v) is 13.0. The van der Waals surface area contributed by atoms with Gasteiger partial charge in [-0.05, 0) is 24.5 Å². The second-order valence-corrected chi connectivity index (χ2v) is 6.12.